The number of nitrogen functional groups attached to an aromatic ring is 1. The van der Waals surface area contributed by atoms with Crippen molar-refractivity contribution in [1.82, 2.24) is 15.0 Å². The van der Waals surface area contributed by atoms with Gasteiger partial charge >= 0.3 is 0 Å². The van der Waals surface area contributed by atoms with Crippen LogP contribution in [0.2, 0.25) is 0 Å². The quantitative estimate of drug-likeness (QED) is 0.291. The predicted octanol–water partition coefficient (Wildman–Crippen LogP) is -1.23. The minimum Gasteiger partial charge on any atom is -0.394 e. The number of nitrogens with zero attached hydrogens (tertiary/aromatic N) is 4. The summed E-state index contributed by atoms with van der Waals surface area (Å²) >= 11 is 0. The number of anilines is 3. The molecule has 1 heterocycles. The molecule has 1 rings (SSSR count). The summed E-state index contributed by atoms with van der Waals surface area (Å²) in [6.45, 7) is 5.30. The normalized spacial score (nSPS) is 12.1. The fourth-order valence-electron chi connectivity index (χ4n) is 1.43. The molecule has 1 aromatic rings. The first-order valence-corrected chi connectivity index (χ1v) is 6.15. The summed E-state index contributed by atoms with van der Waals surface area (Å²) in [5.74, 6) is 6.33. The molecule has 0 fully saturated rings. The molecule has 108 valence electrons. The first-order chi connectivity index (χ1) is 9.14. The summed E-state index contributed by atoms with van der Waals surface area (Å²) in [4.78, 5) is 14.4. The molecule has 9 heteroatoms. The Morgan fingerprint density at radius 2 is 1.84 bits per heavy atom. The zero-order chi connectivity index (χ0) is 14.3. The minimum atomic E-state index is -0.872. The van der Waals surface area contributed by atoms with Gasteiger partial charge in [-0.1, -0.05) is 0 Å². The molecule has 0 aliphatic rings. The largest absolute Gasteiger partial charge is 0.394 e. The van der Waals surface area contributed by atoms with E-state index in [0.29, 0.717) is 5.95 Å². The summed E-state index contributed by atoms with van der Waals surface area (Å²) in [6.07, 6.45) is -0.872. The van der Waals surface area contributed by atoms with Crippen LogP contribution in [0, 0.1) is 0 Å². The van der Waals surface area contributed by atoms with Crippen LogP contribution in [0.5, 0.6) is 0 Å². The highest BCUT2D eigenvalue weighted by atomic mass is 16.3. The van der Waals surface area contributed by atoms with Crippen LogP contribution in [0.1, 0.15) is 13.8 Å². The molecular formula is C10H21N7O2. The van der Waals surface area contributed by atoms with Crippen LogP contribution in [0.4, 0.5) is 17.8 Å². The van der Waals surface area contributed by atoms with E-state index in [4.69, 9.17) is 10.9 Å². The molecule has 1 aromatic heterocycles. The van der Waals surface area contributed by atoms with Gasteiger partial charge in [-0.2, -0.15) is 15.0 Å². The van der Waals surface area contributed by atoms with Crippen molar-refractivity contribution in [1.29, 1.82) is 0 Å². The highest BCUT2D eigenvalue weighted by Gasteiger charge is 2.11. The van der Waals surface area contributed by atoms with Crippen molar-refractivity contribution in [3.63, 3.8) is 0 Å². The SMILES string of the molecule is CCN(CC)c1nc(NN)nc(NCC(O)CO)n1. The number of nitrogens with two attached hydrogens (primary N) is 1. The lowest BCUT2D eigenvalue weighted by molar-refractivity contribution is 0.105. The van der Waals surface area contributed by atoms with E-state index >= 15 is 0 Å². The fraction of sp³-hybridized carbons (Fsp3) is 0.700. The van der Waals surface area contributed by atoms with Crippen molar-refractivity contribution in [2.24, 2.45) is 5.84 Å². The summed E-state index contributed by atoms with van der Waals surface area (Å²) in [7, 11) is 0. The van der Waals surface area contributed by atoms with Gasteiger partial charge in [-0.3, -0.25) is 5.43 Å². The van der Waals surface area contributed by atoms with Crippen LogP contribution in [-0.4, -0.2) is 57.5 Å². The van der Waals surface area contributed by atoms with Crippen molar-refractivity contribution in [3.05, 3.63) is 0 Å². The molecular weight excluding hydrogens is 250 g/mol. The van der Waals surface area contributed by atoms with E-state index in [-0.39, 0.29) is 25.0 Å². The number of rotatable bonds is 8. The van der Waals surface area contributed by atoms with Gasteiger partial charge in [0.2, 0.25) is 17.8 Å². The number of aromatic nitrogens is 3. The number of hydrogen-bond acceptors (Lipinski definition) is 9. The number of aliphatic hydroxyl groups is 2. The van der Waals surface area contributed by atoms with E-state index in [1.165, 1.54) is 0 Å². The maximum absolute atomic E-state index is 9.28. The van der Waals surface area contributed by atoms with Crippen LogP contribution in [-0.2, 0) is 0 Å². The number of hydrogen-bond donors (Lipinski definition) is 5. The second-order valence-electron chi connectivity index (χ2n) is 3.82. The lowest BCUT2D eigenvalue weighted by atomic mass is 10.4. The zero-order valence-electron chi connectivity index (χ0n) is 11.2. The Morgan fingerprint density at radius 3 is 2.37 bits per heavy atom. The third-order valence-electron chi connectivity index (χ3n) is 2.51. The lowest BCUT2D eigenvalue weighted by Gasteiger charge is -2.19. The summed E-state index contributed by atoms with van der Waals surface area (Å²) in [6, 6.07) is 0. The highest BCUT2D eigenvalue weighted by molar-refractivity contribution is 5.43. The smallest absolute Gasteiger partial charge is 0.243 e. The fourth-order valence-corrected chi connectivity index (χ4v) is 1.43. The van der Waals surface area contributed by atoms with Gasteiger partial charge in [0.05, 0.1) is 12.7 Å². The maximum atomic E-state index is 9.28. The zero-order valence-corrected chi connectivity index (χ0v) is 11.2. The number of nitrogens with one attached hydrogen (secondary N) is 2. The molecule has 0 saturated carbocycles. The van der Waals surface area contributed by atoms with Crippen LogP contribution < -0.4 is 21.5 Å². The van der Waals surface area contributed by atoms with Gasteiger partial charge in [0.25, 0.3) is 0 Å². The van der Waals surface area contributed by atoms with Gasteiger partial charge < -0.3 is 20.4 Å². The van der Waals surface area contributed by atoms with Crippen LogP contribution >= 0.6 is 0 Å². The van der Waals surface area contributed by atoms with E-state index in [2.05, 4.69) is 25.7 Å². The summed E-state index contributed by atoms with van der Waals surface area (Å²) in [5.41, 5.74) is 2.37. The Kier molecular flexibility index (Phi) is 6.19. The Hall–Kier alpha value is -1.71. The molecule has 0 saturated heterocycles. The standard InChI is InChI=1S/C10H21N7O2/c1-3-17(4-2)10-14-8(12-5-7(19)6-18)13-9(15-10)16-11/h7,18-19H,3-6,11H2,1-2H3,(H2,12,13,14,15,16). The van der Waals surface area contributed by atoms with E-state index in [1.54, 1.807) is 0 Å². The molecule has 0 spiro atoms. The molecule has 0 radical (unpaired) electrons. The lowest BCUT2D eigenvalue weighted by Crippen LogP contribution is -2.27. The van der Waals surface area contributed by atoms with Crippen molar-refractivity contribution in [3.8, 4) is 0 Å². The monoisotopic (exact) mass is 271 g/mol. The molecule has 6 N–H and O–H groups in total. The van der Waals surface area contributed by atoms with Crippen LogP contribution in [0.25, 0.3) is 0 Å². The Bertz CT molecular complexity index is 386. The average molecular weight is 271 g/mol. The molecule has 9 nitrogen and oxygen atoms in total. The Balaban J connectivity index is 2.88. The summed E-state index contributed by atoms with van der Waals surface area (Å²) < 4.78 is 0. The maximum Gasteiger partial charge on any atom is 0.243 e. The van der Waals surface area contributed by atoms with Gasteiger partial charge in [0.15, 0.2) is 0 Å². The van der Waals surface area contributed by atoms with Gasteiger partial charge in [-0.05, 0) is 13.8 Å². The van der Waals surface area contributed by atoms with Crippen molar-refractivity contribution in [2.75, 3.05) is 41.9 Å². The number of hydrazine groups is 1. The highest BCUT2D eigenvalue weighted by Crippen LogP contribution is 2.12. The predicted molar refractivity (Wildman–Crippen MR) is 72.8 cm³/mol. The van der Waals surface area contributed by atoms with Crippen molar-refractivity contribution in [2.45, 2.75) is 20.0 Å². The number of aliphatic hydroxyl groups excluding tert-OH is 2. The first-order valence-electron chi connectivity index (χ1n) is 6.15. The van der Waals surface area contributed by atoms with Gasteiger partial charge in [0, 0.05) is 19.6 Å². The van der Waals surface area contributed by atoms with E-state index in [1.807, 2.05) is 18.7 Å². The van der Waals surface area contributed by atoms with E-state index in [9.17, 15) is 5.11 Å². The molecule has 0 bridgehead atoms. The minimum absolute atomic E-state index is 0.141. The Morgan fingerprint density at radius 1 is 1.21 bits per heavy atom. The third kappa shape index (κ3) is 4.47. The van der Waals surface area contributed by atoms with Gasteiger partial charge in [-0.15, -0.1) is 0 Å². The third-order valence-corrected chi connectivity index (χ3v) is 2.51. The molecule has 0 amide bonds. The molecule has 0 aliphatic heterocycles. The van der Waals surface area contributed by atoms with E-state index in [0.717, 1.165) is 13.1 Å². The molecule has 0 aromatic carbocycles. The van der Waals surface area contributed by atoms with Crippen LogP contribution in [0.15, 0.2) is 0 Å². The molecule has 0 aliphatic carbocycles. The topological polar surface area (TPSA) is 132 Å². The van der Waals surface area contributed by atoms with Gasteiger partial charge in [-0.25, -0.2) is 5.84 Å². The Labute approximate surface area is 111 Å². The van der Waals surface area contributed by atoms with Crippen LogP contribution in [0.3, 0.4) is 0 Å². The van der Waals surface area contributed by atoms with E-state index < -0.39 is 6.10 Å². The summed E-state index contributed by atoms with van der Waals surface area (Å²) in [5, 5.41) is 20.8. The first kappa shape index (κ1) is 15.3. The molecule has 1 unspecified atom stereocenters. The average Bonchev–Trinajstić information content (AvgIpc) is 2.45. The molecule has 1 atom stereocenters. The van der Waals surface area contributed by atoms with Crippen molar-refractivity contribution < 1.29 is 10.2 Å². The van der Waals surface area contributed by atoms with Gasteiger partial charge in [0.1, 0.15) is 0 Å². The second kappa shape index (κ2) is 7.67. The van der Waals surface area contributed by atoms with Crippen molar-refractivity contribution >= 4 is 17.8 Å². The second-order valence-corrected chi connectivity index (χ2v) is 3.82. The molecule has 19 heavy (non-hydrogen) atoms.